The smallest absolute Gasteiger partial charge is 0.339 e. The third-order valence-electron chi connectivity index (χ3n) is 8.03. The number of rotatable bonds is 10. The first-order valence-corrected chi connectivity index (χ1v) is 16.3. The largest absolute Gasteiger partial charge is 0.492 e. The van der Waals surface area contributed by atoms with Gasteiger partial charge in [0.1, 0.15) is 28.6 Å². The summed E-state index contributed by atoms with van der Waals surface area (Å²) in [5.74, 6) is 1.77. The van der Waals surface area contributed by atoms with Gasteiger partial charge in [0.2, 0.25) is 0 Å². The van der Waals surface area contributed by atoms with Crippen LogP contribution in [0.1, 0.15) is 48.8 Å². The van der Waals surface area contributed by atoms with Crippen molar-refractivity contribution in [2.75, 3.05) is 56.7 Å². The molecule has 1 aromatic carbocycles. The van der Waals surface area contributed by atoms with Crippen molar-refractivity contribution in [3.8, 4) is 5.75 Å². The van der Waals surface area contributed by atoms with Crippen LogP contribution in [0.5, 0.6) is 5.75 Å². The summed E-state index contributed by atoms with van der Waals surface area (Å²) < 4.78 is 37.3. The summed E-state index contributed by atoms with van der Waals surface area (Å²) in [6.07, 6.45) is 3.69. The van der Waals surface area contributed by atoms with E-state index in [1.54, 1.807) is 39.0 Å². The molecule has 1 saturated heterocycles. The first-order valence-electron chi connectivity index (χ1n) is 14.9. The van der Waals surface area contributed by atoms with Gasteiger partial charge in [-0.1, -0.05) is 0 Å². The van der Waals surface area contributed by atoms with E-state index in [1.807, 2.05) is 19.9 Å². The highest BCUT2D eigenvalue weighted by Crippen LogP contribution is 2.37. The summed E-state index contributed by atoms with van der Waals surface area (Å²) >= 11 is 0. The molecule has 3 aromatic heterocycles. The molecule has 5 rings (SSSR count). The van der Waals surface area contributed by atoms with Gasteiger partial charge in [-0.25, -0.2) is 28.2 Å². The lowest BCUT2D eigenvalue weighted by Crippen LogP contribution is -2.47. The summed E-state index contributed by atoms with van der Waals surface area (Å²) in [4.78, 5) is 29.5. The third kappa shape index (κ3) is 6.86. The van der Waals surface area contributed by atoms with Crippen molar-refractivity contribution in [2.24, 2.45) is 0 Å². The minimum Gasteiger partial charge on any atom is -0.492 e. The number of carbonyl (C=O) groups excluding carboxylic acids is 1. The molecule has 2 N–H and O–H groups in total. The number of benzene rings is 1. The average Bonchev–Trinajstić information content (AvgIpc) is 3.34. The van der Waals surface area contributed by atoms with Crippen molar-refractivity contribution in [1.29, 1.82) is 0 Å². The predicted octanol–water partition coefficient (Wildman–Crippen LogP) is 4.06. The maximum absolute atomic E-state index is 13.7. The van der Waals surface area contributed by atoms with Crippen LogP contribution in [-0.2, 0) is 14.6 Å². The molecule has 1 fully saturated rings. The Morgan fingerprint density at radius 1 is 1.04 bits per heavy atom. The Balaban J connectivity index is 1.26. The number of pyridine rings is 1. The van der Waals surface area contributed by atoms with Crippen molar-refractivity contribution in [1.82, 2.24) is 30.0 Å². The van der Waals surface area contributed by atoms with Gasteiger partial charge < -0.3 is 19.7 Å². The Labute approximate surface area is 263 Å². The number of methoxy groups -OCH3 is 1. The Hall–Kier alpha value is -4.30. The zero-order chi connectivity index (χ0) is 32.4. The quantitative estimate of drug-likeness (QED) is 0.190. The summed E-state index contributed by atoms with van der Waals surface area (Å²) in [5.41, 5.74) is 2.85. The molecule has 4 aromatic rings. The van der Waals surface area contributed by atoms with Crippen LogP contribution >= 0.6 is 0 Å². The fourth-order valence-corrected chi connectivity index (χ4v) is 6.33. The number of fused-ring (bicyclic) bond motifs is 1. The van der Waals surface area contributed by atoms with E-state index in [-0.39, 0.29) is 10.6 Å². The van der Waals surface area contributed by atoms with Crippen molar-refractivity contribution in [3.05, 3.63) is 53.6 Å². The molecule has 0 bridgehead atoms. The van der Waals surface area contributed by atoms with Crippen molar-refractivity contribution in [2.45, 2.75) is 50.7 Å². The summed E-state index contributed by atoms with van der Waals surface area (Å²) in [7, 11) is -2.42. The second-order valence-electron chi connectivity index (χ2n) is 12.0. The molecule has 1 aliphatic rings. The van der Waals surface area contributed by atoms with Gasteiger partial charge >= 0.3 is 5.97 Å². The molecule has 45 heavy (non-hydrogen) atoms. The Morgan fingerprint density at radius 3 is 2.42 bits per heavy atom. The molecule has 0 saturated carbocycles. The molecular weight excluding hydrogens is 596 g/mol. The first kappa shape index (κ1) is 32.1. The number of sulfone groups is 1. The van der Waals surface area contributed by atoms with Crippen molar-refractivity contribution >= 4 is 44.2 Å². The number of hydrogen-bond acceptors (Lipinski definition) is 12. The molecule has 0 amide bonds. The maximum atomic E-state index is 13.7. The van der Waals surface area contributed by atoms with Crippen LogP contribution in [0.3, 0.4) is 0 Å². The van der Waals surface area contributed by atoms with Gasteiger partial charge in [-0.2, -0.15) is 5.10 Å². The zero-order valence-electron chi connectivity index (χ0n) is 26.5. The van der Waals surface area contributed by atoms with E-state index in [2.05, 4.69) is 40.3 Å². The second kappa shape index (κ2) is 13.0. The van der Waals surface area contributed by atoms with E-state index in [9.17, 15) is 13.2 Å². The highest BCUT2D eigenvalue weighted by atomic mass is 32.2. The van der Waals surface area contributed by atoms with Crippen LogP contribution in [0.4, 0.5) is 17.5 Å². The number of carbonyl (C=O) groups is 1. The van der Waals surface area contributed by atoms with Crippen LogP contribution in [0.2, 0.25) is 0 Å². The van der Waals surface area contributed by atoms with Crippen molar-refractivity contribution < 1.29 is 22.7 Å². The minimum absolute atomic E-state index is 0.106. The van der Waals surface area contributed by atoms with Crippen LogP contribution in [0, 0.1) is 13.8 Å². The lowest BCUT2D eigenvalue weighted by molar-refractivity contribution is 0.0600. The minimum atomic E-state index is -3.77. The van der Waals surface area contributed by atoms with E-state index < -0.39 is 20.6 Å². The summed E-state index contributed by atoms with van der Waals surface area (Å²) in [6.45, 7) is 13.3. The fourth-order valence-electron chi connectivity index (χ4n) is 5.02. The number of anilines is 3. The van der Waals surface area contributed by atoms with E-state index in [4.69, 9.17) is 9.47 Å². The van der Waals surface area contributed by atoms with E-state index in [1.165, 1.54) is 19.6 Å². The molecule has 0 radical (unpaired) electrons. The standard InChI is InChI=1S/C31H40N8O5S/c1-20-21(2)36-37-28(20)35-29-23-16-26(45(41,42)31(3,4)5)25(17-24(23)33-19-34-29)44-15-7-10-38-11-13-39(14-12-38)27-9-8-22(18-32-27)30(40)43-6/h8-9,16-19H,7,10-15H2,1-6H3,(H2,33,34,35,36,37). The first-order chi connectivity index (χ1) is 21.4. The average molecular weight is 637 g/mol. The van der Waals surface area contributed by atoms with Gasteiger partial charge in [0.05, 0.1) is 29.5 Å². The van der Waals surface area contributed by atoms with Gasteiger partial charge in [-0.05, 0) is 59.2 Å². The maximum Gasteiger partial charge on any atom is 0.339 e. The molecule has 4 heterocycles. The second-order valence-corrected chi connectivity index (χ2v) is 14.7. The normalized spacial score (nSPS) is 14.5. The molecule has 1 aliphatic heterocycles. The van der Waals surface area contributed by atoms with E-state index >= 15 is 0 Å². The van der Waals surface area contributed by atoms with Gasteiger partial charge in [-0.3, -0.25) is 10.00 Å². The van der Waals surface area contributed by atoms with Crippen LogP contribution in [0.25, 0.3) is 10.9 Å². The Morgan fingerprint density at radius 2 is 1.80 bits per heavy atom. The van der Waals surface area contributed by atoms with Crippen molar-refractivity contribution in [3.63, 3.8) is 0 Å². The monoisotopic (exact) mass is 636 g/mol. The molecular formula is C31H40N8O5S. The summed E-state index contributed by atoms with van der Waals surface area (Å²) in [6, 6.07) is 6.85. The molecule has 0 unspecified atom stereocenters. The number of nitrogens with one attached hydrogen (secondary N) is 2. The van der Waals surface area contributed by atoms with Gasteiger partial charge in [-0.15, -0.1) is 0 Å². The number of aromatic amines is 1. The number of aryl methyl sites for hydroxylation is 1. The molecule has 0 spiro atoms. The molecule has 13 nitrogen and oxygen atoms in total. The molecule has 0 atom stereocenters. The number of ether oxygens (including phenoxy) is 2. The zero-order valence-corrected chi connectivity index (χ0v) is 27.4. The third-order valence-corrected chi connectivity index (χ3v) is 10.5. The SMILES string of the molecule is COC(=O)c1ccc(N2CCN(CCCOc3cc4ncnc(Nc5n[nH]c(C)c5C)c4cc3S(=O)(=O)C(C)(C)C)CC2)nc1. The van der Waals surface area contributed by atoms with Gasteiger partial charge in [0.25, 0.3) is 0 Å². The fraction of sp³-hybridized carbons (Fsp3) is 0.452. The number of H-pyrrole nitrogens is 1. The predicted molar refractivity (Wildman–Crippen MR) is 172 cm³/mol. The highest BCUT2D eigenvalue weighted by Gasteiger charge is 2.34. The lowest BCUT2D eigenvalue weighted by Gasteiger charge is -2.35. The van der Waals surface area contributed by atoms with Gasteiger partial charge in [0.15, 0.2) is 15.7 Å². The number of esters is 1. The molecule has 0 aliphatic carbocycles. The molecule has 240 valence electrons. The summed E-state index contributed by atoms with van der Waals surface area (Å²) in [5, 5.41) is 11.0. The number of hydrogen-bond donors (Lipinski definition) is 2. The van der Waals surface area contributed by atoms with E-state index in [0.29, 0.717) is 41.1 Å². The van der Waals surface area contributed by atoms with Crippen LogP contribution < -0.4 is 15.0 Å². The van der Waals surface area contributed by atoms with Gasteiger partial charge in [0, 0.05) is 61.6 Å². The van der Waals surface area contributed by atoms with E-state index in [0.717, 1.165) is 49.8 Å². The van der Waals surface area contributed by atoms with Crippen LogP contribution in [0.15, 0.2) is 41.7 Å². The molecule has 14 heteroatoms. The Bertz CT molecular complexity index is 1780. The van der Waals surface area contributed by atoms with Crippen LogP contribution in [-0.4, -0.2) is 95.6 Å². The number of nitrogens with zero attached hydrogens (tertiary/aromatic N) is 6. The number of aromatic nitrogens is 5. The topological polar surface area (TPSA) is 156 Å². The Kier molecular flexibility index (Phi) is 9.26. The highest BCUT2D eigenvalue weighted by molar-refractivity contribution is 7.92. The lowest BCUT2D eigenvalue weighted by atomic mass is 10.2. The number of piperazine rings is 1.